The van der Waals surface area contributed by atoms with Gasteiger partial charge in [0.2, 0.25) is 0 Å². The molecule has 0 saturated heterocycles. The Morgan fingerprint density at radius 2 is 2.33 bits per heavy atom. The highest BCUT2D eigenvalue weighted by molar-refractivity contribution is 5.76. The second-order valence-corrected chi connectivity index (χ2v) is 3.97. The summed E-state index contributed by atoms with van der Waals surface area (Å²) in [5.41, 5.74) is 0.361. The zero-order chi connectivity index (χ0) is 11.3. The van der Waals surface area contributed by atoms with Crippen LogP contribution in [-0.2, 0) is 9.53 Å². The van der Waals surface area contributed by atoms with Crippen LogP contribution >= 0.6 is 0 Å². The van der Waals surface area contributed by atoms with E-state index in [1.54, 1.807) is 12.4 Å². The Kier molecular flexibility index (Phi) is 3.66. The molecule has 0 aliphatic rings. The maximum absolute atomic E-state index is 11.4. The number of carbonyl (C=O) groups is 1. The summed E-state index contributed by atoms with van der Waals surface area (Å²) in [5, 5.41) is 3.14. The van der Waals surface area contributed by atoms with Crippen LogP contribution in [0.2, 0.25) is 0 Å². The van der Waals surface area contributed by atoms with Crippen molar-refractivity contribution in [1.82, 2.24) is 4.98 Å². The van der Waals surface area contributed by atoms with Crippen LogP contribution in [0.5, 0.6) is 0 Å². The van der Waals surface area contributed by atoms with Crippen molar-refractivity contribution in [1.29, 1.82) is 0 Å². The van der Waals surface area contributed by atoms with E-state index in [9.17, 15) is 4.79 Å². The van der Waals surface area contributed by atoms with Gasteiger partial charge in [-0.05, 0) is 26.0 Å². The lowest BCUT2D eigenvalue weighted by Crippen LogP contribution is -2.33. The maximum Gasteiger partial charge on any atom is 0.313 e. The molecular weight excluding hydrogens is 192 g/mol. The number of carbonyl (C=O) groups excluding carboxylic acids is 1. The molecule has 0 fully saturated rings. The van der Waals surface area contributed by atoms with E-state index in [4.69, 9.17) is 4.74 Å². The topological polar surface area (TPSA) is 51.2 Å². The lowest BCUT2D eigenvalue weighted by molar-refractivity contribution is -0.149. The Hall–Kier alpha value is -1.58. The van der Waals surface area contributed by atoms with Crippen molar-refractivity contribution in [2.24, 2.45) is 5.41 Å². The first-order chi connectivity index (χ1) is 7.06. The molecule has 0 spiro atoms. The van der Waals surface area contributed by atoms with E-state index in [1.807, 2.05) is 26.0 Å². The summed E-state index contributed by atoms with van der Waals surface area (Å²) in [5.74, 6) is -0.223. The fourth-order valence-corrected chi connectivity index (χ4v) is 1.14. The highest BCUT2D eigenvalue weighted by atomic mass is 16.5. The van der Waals surface area contributed by atoms with E-state index < -0.39 is 5.41 Å². The molecule has 1 aromatic rings. The number of hydrogen-bond acceptors (Lipinski definition) is 4. The number of rotatable bonds is 4. The second-order valence-electron chi connectivity index (χ2n) is 3.97. The molecule has 0 amide bonds. The molecule has 1 rings (SSSR count). The van der Waals surface area contributed by atoms with Gasteiger partial charge >= 0.3 is 5.97 Å². The molecule has 82 valence electrons. The average Bonchev–Trinajstić information content (AvgIpc) is 2.27. The molecule has 15 heavy (non-hydrogen) atoms. The smallest absolute Gasteiger partial charge is 0.313 e. The summed E-state index contributed by atoms with van der Waals surface area (Å²) in [6, 6.07) is 3.74. The zero-order valence-electron chi connectivity index (χ0n) is 9.28. The van der Waals surface area contributed by atoms with E-state index in [0.717, 1.165) is 5.69 Å². The van der Waals surface area contributed by atoms with Crippen molar-refractivity contribution in [2.45, 2.75) is 13.8 Å². The Labute approximate surface area is 89.7 Å². The van der Waals surface area contributed by atoms with E-state index in [1.165, 1.54) is 7.11 Å². The van der Waals surface area contributed by atoms with Crippen molar-refractivity contribution in [2.75, 3.05) is 19.0 Å². The van der Waals surface area contributed by atoms with Gasteiger partial charge in [-0.1, -0.05) is 0 Å². The number of ether oxygens (including phenoxy) is 1. The van der Waals surface area contributed by atoms with Crippen molar-refractivity contribution in [3.63, 3.8) is 0 Å². The van der Waals surface area contributed by atoms with Gasteiger partial charge in [-0.3, -0.25) is 9.78 Å². The molecule has 4 nitrogen and oxygen atoms in total. The van der Waals surface area contributed by atoms with Crippen LogP contribution in [0, 0.1) is 5.41 Å². The van der Waals surface area contributed by atoms with Gasteiger partial charge in [0.1, 0.15) is 0 Å². The molecule has 0 aliphatic carbocycles. The molecular formula is C11H16N2O2. The first-order valence-corrected chi connectivity index (χ1v) is 4.78. The SMILES string of the molecule is COC(=O)C(C)(C)CNc1cccnc1. The molecule has 0 bridgehead atoms. The van der Waals surface area contributed by atoms with Crippen molar-refractivity contribution in [3.8, 4) is 0 Å². The van der Waals surface area contributed by atoms with Crippen LogP contribution in [0.3, 0.4) is 0 Å². The minimum absolute atomic E-state index is 0.223. The third-order valence-corrected chi connectivity index (χ3v) is 2.13. The van der Waals surface area contributed by atoms with Gasteiger partial charge in [0.15, 0.2) is 0 Å². The highest BCUT2D eigenvalue weighted by Gasteiger charge is 2.28. The van der Waals surface area contributed by atoms with Crippen LogP contribution in [-0.4, -0.2) is 24.6 Å². The van der Waals surface area contributed by atoms with E-state index in [0.29, 0.717) is 6.54 Å². The fraction of sp³-hybridized carbons (Fsp3) is 0.455. The number of hydrogen-bond donors (Lipinski definition) is 1. The number of methoxy groups -OCH3 is 1. The van der Waals surface area contributed by atoms with Crippen molar-refractivity contribution >= 4 is 11.7 Å². The zero-order valence-corrected chi connectivity index (χ0v) is 9.28. The first kappa shape index (κ1) is 11.5. The Bertz CT molecular complexity index is 323. The van der Waals surface area contributed by atoms with Gasteiger partial charge in [-0.25, -0.2) is 0 Å². The van der Waals surface area contributed by atoms with Gasteiger partial charge < -0.3 is 10.1 Å². The van der Waals surface area contributed by atoms with Crippen LogP contribution in [0.15, 0.2) is 24.5 Å². The second kappa shape index (κ2) is 4.77. The molecule has 1 aromatic heterocycles. The van der Waals surface area contributed by atoms with Gasteiger partial charge in [0.25, 0.3) is 0 Å². The standard InChI is InChI=1S/C11H16N2O2/c1-11(2,10(14)15-3)8-13-9-5-4-6-12-7-9/h4-7,13H,8H2,1-3H3. The Morgan fingerprint density at radius 1 is 1.60 bits per heavy atom. The quantitative estimate of drug-likeness (QED) is 0.765. The molecule has 1 heterocycles. The summed E-state index contributed by atoms with van der Waals surface area (Å²) in [6.45, 7) is 4.19. The number of esters is 1. The number of anilines is 1. The largest absolute Gasteiger partial charge is 0.469 e. The summed E-state index contributed by atoms with van der Waals surface area (Å²) >= 11 is 0. The maximum atomic E-state index is 11.4. The lowest BCUT2D eigenvalue weighted by Gasteiger charge is -2.22. The van der Waals surface area contributed by atoms with Crippen LogP contribution in [0.25, 0.3) is 0 Å². The van der Waals surface area contributed by atoms with E-state index in [-0.39, 0.29) is 5.97 Å². The highest BCUT2D eigenvalue weighted by Crippen LogP contribution is 2.17. The summed E-state index contributed by atoms with van der Waals surface area (Å²) in [6.07, 6.45) is 3.42. The molecule has 0 saturated carbocycles. The van der Waals surface area contributed by atoms with Gasteiger partial charge in [0, 0.05) is 18.9 Å². The summed E-state index contributed by atoms with van der Waals surface area (Å²) in [4.78, 5) is 15.3. The van der Waals surface area contributed by atoms with Gasteiger partial charge in [-0.2, -0.15) is 0 Å². The molecule has 0 aliphatic heterocycles. The monoisotopic (exact) mass is 208 g/mol. The third-order valence-electron chi connectivity index (χ3n) is 2.13. The molecule has 0 atom stereocenters. The van der Waals surface area contributed by atoms with Gasteiger partial charge in [0.05, 0.1) is 18.2 Å². The Morgan fingerprint density at radius 3 is 2.87 bits per heavy atom. The summed E-state index contributed by atoms with van der Waals surface area (Å²) in [7, 11) is 1.40. The summed E-state index contributed by atoms with van der Waals surface area (Å²) < 4.78 is 4.71. The molecule has 0 aromatic carbocycles. The van der Waals surface area contributed by atoms with Crippen molar-refractivity contribution < 1.29 is 9.53 Å². The predicted octanol–water partition coefficient (Wildman–Crippen LogP) is 1.69. The van der Waals surface area contributed by atoms with E-state index in [2.05, 4.69) is 10.3 Å². The molecule has 0 radical (unpaired) electrons. The van der Waals surface area contributed by atoms with Crippen LogP contribution < -0.4 is 5.32 Å². The average molecular weight is 208 g/mol. The molecule has 1 N–H and O–H groups in total. The fourth-order valence-electron chi connectivity index (χ4n) is 1.14. The van der Waals surface area contributed by atoms with E-state index >= 15 is 0 Å². The number of nitrogens with one attached hydrogen (secondary N) is 1. The predicted molar refractivity (Wildman–Crippen MR) is 58.5 cm³/mol. The number of pyridine rings is 1. The first-order valence-electron chi connectivity index (χ1n) is 4.78. The molecule has 4 heteroatoms. The Balaban J connectivity index is 2.53. The third kappa shape index (κ3) is 3.23. The molecule has 0 unspecified atom stereocenters. The minimum atomic E-state index is -0.537. The van der Waals surface area contributed by atoms with Crippen LogP contribution in [0.1, 0.15) is 13.8 Å². The normalized spacial score (nSPS) is 10.9. The lowest BCUT2D eigenvalue weighted by atomic mass is 9.94. The minimum Gasteiger partial charge on any atom is -0.469 e. The van der Waals surface area contributed by atoms with Crippen LogP contribution in [0.4, 0.5) is 5.69 Å². The number of nitrogens with zero attached hydrogens (tertiary/aromatic N) is 1. The van der Waals surface area contributed by atoms with Gasteiger partial charge in [-0.15, -0.1) is 0 Å². The number of aromatic nitrogens is 1. The van der Waals surface area contributed by atoms with Crippen molar-refractivity contribution in [3.05, 3.63) is 24.5 Å².